The molecule has 0 aromatic carbocycles. The summed E-state index contributed by atoms with van der Waals surface area (Å²) >= 11 is 0. The lowest BCUT2D eigenvalue weighted by Gasteiger charge is -2.29. The van der Waals surface area contributed by atoms with E-state index in [1.807, 2.05) is 20.8 Å². The van der Waals surface area contributed by atoms with Gasteiger partial charge in [-0.15, -0.1) is 0 Å². The van der Waals surface area contributed by atoms with Gasteiger partial charge >= 0.3 is 0 Å². The predicted octanol–water partition coefficient (Wildman–Crippen LogP) is 2.39. The highest BCUT2D eigenvalue weighted by Crippen LogP contribution is 2.27. The van der Waals surface area contributed by atoms with E-state index in [1.54, 1.807) is 4.90 Å². The fraction of sp³-hybridized carbons (Fsp3) is 0.889. The van der Waals surface area contributed by atoms with Gasteiger partial charge in [0.15, 0.2) is 5.78 Å². The lowest BCUT2D eigenvalue weighted by atomic mass is 9.85. The van der Waals surface area contributed by atoms with Gasteiger partial charge in [0, 0.05) is 24.0 Å². The Morgan fingerprint density at radius 1 is 1.13 bits per heavy atom. The number of ketones is 1. The predicted molar refractivity (Wildman–Crippen MR) is 92.4 cm³/mol. The Bertz CT molecular complexity index is 407. The molecule has 1 N–H and O–H groups in total. The van der Waals surface area contributed by atoms with Crippen LogP contribution in [0, 0.1) is 5.41 Å². The molecule has 1 amide bonds. The topological polar surface area (TPSA) is 58.6 Å². The first kappa shape index (κ1) is 20.1. The van der Waals surface area contributed by atoms with Crippen molar-refractivity contribution in [2.75, 3.05) is 26.3 Å². The molecule has 1 saturated heterocycles. The maximum Gasteiger partial charge on any atom is 0.225 e. The number of hydrogen-bond acceptors (Lipinski definition) is 4. The van der Waals surface area contributed by atoms with Gasteiger partial charge in [-0.3, -0.25) is 9.59 Å². The van der Waals surface area contributed by atoms with Crippen molar-refractivity contribution in [2.24, 2.45) is 5.41 Å². The van der Waals surface area contributed by atoms with Crippen LogP contribution in [-0.4, -0.2) is 54.5 Å². The molecular formula is C18H34N2O3. The third-order valence-corrected chi connectivity index (χ3v) is 3.98. The zero-order chi connectivity index (χ0) is 17.7. The molecule has 1 aliphatic heterocycles. The van der Waals surface area contributed by atoms with E-state index in [-0.39, 0.29) is 23.3 Å². The van der Waals surface area contributed by atoms with Gasteiger partial charge in [-0.25, -0.2) is 0 Å². The molecule has 0 saturated carbocycles. The number of nitrogens with zero attached hydrogens (tertiary/aromatic N) is 1. The Hall–Kier alpha value is -0.940. The van der Waals surface area contributed by atoms with E-state index in [0.29, 0.717) is 26.2 Å². The van der Waals surface area contributed by atoms with Gasteiger partial charge in [-0.1, -0.05) is 20.8 Å². The van der Waals surface area contributed by atoms with Crippen molar-refractivity contribution >= 4 is 11.7 Å². The minimum atomic E-state index is -0.400. The molecule has 5 nitrogen and oxygen atoms in total. The minimum absolute atomic E-state index is 0.0360. The Kier molecular flexibility index (Phi) is 7.21. The van der Waals surface area contributed by atoms with Crippen molar-refractivity contribution in [3.8, 4) is 0 Å². The van der Waals surface area contributed by atoms with Crippen LogP contribution in [0.15, 0.2) is 0 Å². The van der Waals surface area contributed by atoms with E-state index in [0.717, 1.165) is 19.4 Å². The number of likely N-dealkylation sites (tertiary alicyclic amines) is 1. The number of Topliss-reactive ketones (excluding diaryl/α,β-unsaturated/α-hetero) is 1. The highest BCUT2D eigenvalue weighted by molar-refractivity contribution is 5.92. The number of carbonyl (C=O) groups is 2. The molecule has 1 rings (SSSR count). The highest BCUT2D eigenvalue weighted by Gasteiger charge is 2.38. The summed E-state index contributed by atoms with van der Waals surface area (Å²) < 4.78 is 5.53. The number of amides is 1. The molecule has 0 aromatic rings. The molecule has 5 heteroatoms. The van der Waals surface area contributed by atoms with Crippen molar-refractivity contribution in [2.45, 2.75) is 72.4 Å². The van der Waals surface area contributed by atoms with Crippen molar-refractivity contribution in [1.82, 2.24) is 10.2 Å². The highest BCUT2D eigenvalue weighted by atomic mass is 16.5. The molecule has 0 aromatic heterocycles. The van der Waals surface area contributed by atoms with Crippen LogP contribution in [0.1, 0.15) is 60.8 Å². The summed E-state index contributed by atoms with van der Waals surface area (Å²) in [4.78, 5) is 26.6. The van der Waals surface area contributed by atoms with Gasteiger partial charge in [0.05, 0.1) is 25.7 Å². The molecule has 1 fully saturated rings. The molecule has 0 spiro atoms. The van der Waals surface area contributed by atoms with Crippen molar-refractivity contribution in [3.05, 3.63) is 0 Å². The first-order valence-corrected chi connectivity index (χ1v) is 8.69. The molecule has 0 aliphatic carbocycles. The third kappa shape index (κ3) is 7.00. The molecule has 134 valence electrons. The maximum atomic E-state index is 12.5. The van der Waals surface area contributed by atoms with Crippen LogP contribution < -0.4 is 5.32 Å². The van der Waals surface area contributed by atoms with E-state index < -0.39 is 5.41 Å². The van der Waals surface area contributed by atoms with Gasteiger partial charge in [0.2, 0.25) is 5.91 Å². The summed E-state index contributed by atoms with van der Waals surface area (Å²) in [7, 11) is 0. The fourth-order valence-corrected chi connectivity index (χ4v) is 2.74. The van der Waals surface area contributed by atoms with Gasteiger partial charge in [0.25, 0.3) is 0 Å². The molecule has 0 bridgehead atoms. The van der Waals surface area contributed by atoms with E-state index in [1.165, 1.54) is 0 Å². The van der Waals surface area contributed by atoms with Crippen molar-refractivity contribution < 1.29 is 14.3 Å². The van der Waals surface area contributed by atoms with E-state index in [4.69, 9.17) is 4.74 Å². The Morgan fingerprint density at radius 3 is 2.35 bits per heavy atom. The first-order chi connectivity index (χ1) is 10.5. The summed E-state index contributed by atoms with van der Waals surface area (Å²) in [5, 5.41) is 3.34. The van der Waals surface area contributed by atoms with E-state index in [2.05, 4.69) is 26.1 Å². The zero-order valence-corrected chi connectivity index (χ0v) is 15.7. The van der Waals surface area contributed by atoms with Crippen molar-refractivity contribution in [1.29, 1.82) is 0 Å². The monoisotopic (exact) mass is 326 g/mol. The quantitative estimate of drug-likeness (QED) is 0.730. The molecule has 0 radical (unpaired) electrons. The SMILES string of the molecule is CC(C)(C)NCCOCCC(=O)N1CCCC1C(=O)C(C)(C)C. The van der Waals surface area contributed by atoms with Gasteiger partial charge in [-0.05, 0) is 33.6 Å². The number of nitrogens with one attached hydrogen (secondary N) is 1. The third-order valence-electron chi connectivity index (χ3n) is 3.98. The smallest absolute Gasteiger partial charge is 0.225 e. The Labute approximate surface area is 141 Å². The normalized spacial score (nSPS) is 19.2. The Morgan fingerprint density at radius 2 is 1.78 bits per heavy atom. The van der Waals surface area contributed by atoms with Crippen LogP contribution in [0.4, 0.5) is 0 Å². The molecule has 1 unspecified atom stereocenters. The first-order valence-electron chi connectivity index (χ1n) is 8.69. The number of ether oxygens (including phenoxy) is 1. The van der Waals surface area contributed by atoms with Crippen LogP contribution in [-0.2, 0) is 14.3 Å². The average Bonchev–Trinajstić information content (AvgIpc) is 2.88. The summed E-state index contributed by atoms with van der Waals surface area (Å²) in [6.07, 6.45) is 2.05. The number of hydrogen-bond donors (Lipinski definition) is 1. The van der Waals surface area contributed by atoms with Crippen LogP contribution in [0.3, 0.4) is 0 Å². The molecule has 1 atom stereocenters. The second-order valence-corrected chi connectivity index (χ2v) is 8.40. The molecule has 1 heterocycles. The van der Waals surface area contributed by atoms with Gasteiger partial charge in [-0.2, -0.15) is 0 Å². The minimum Gasteiger partial charge on any atom is -0.380 e. The number of rotatable bonds is 7. The summed E-state index contributed by atoms with van der Waals surface area (Å²) in [6, 6.07) is -0.245. The standard InChI is InChI=1S/C18H34N2O3/c1-17(2,3)16(22)14-8-7-11-20(14)15(21)9-12-23-13-10-19-18(4,5)6/h14,19H,7-13H2,1-6H3. The second-order valence-electron chi connectivity index (χ2n) is 8.40. The molecular weight excluding hydrogens is 292 g/mol. The lowest BCUT2D eigenvalue weighted by Crippen LogP contribution is -2.45. The average molecular weight is 326 g/mol. The van der Waals surface area contributed by atoms with Crippen LogP contribution in [0.2, 0.25) is 0 Å². The molecule has 1 aliphatic rings. The number of carbonyl (C=O) groups excluding carboxylic acids is 2. The molecule has 23 heavy (non-hydrogen) atoms. The lowest BCUT2D eigenvalue weighted by molar-refractivity contribution is -0.141. The van der Waals surface area contributed by atoms with E-state index >= 15 is 0 Å². The van der Waals surface area contributed by atoms with Crippen molar-refractivity contribution in [3.63, 3.8) is 0 Å². The maximum absolute atomic E-state index is 12.5. The van der Waals surface area contributed by atoms with Crippen LogP contribution >= 0.6 is 0 Å². The van der Waals surface area contributed by atoms with Crippen LogP contribution in [0.25, 0.3) is 0 Å². The summed E-state index contributed by atoms with van der Waals surface area (Å²) in [6.45, 7) is 14.5. The largest absolute Gasteiger partial charge is 0.380 e. The zero-order valence-electron chi connectivity index (χ0n) is 15.7. The fourth-order valence-electron chi connectivity index (χ4n) is 2.74. The summed E-state index contributed by atoms with van der Waals surface area (Å²) in [5.41, 5.74) is -0.321. The van der Waals surface area contributed by atoms with Crippen LogP contribution in [0.5, 0.6) is 0 Å². The Balaban J connectivity index is 2.33. The summed E-state index contributed by atoms with van der Waals surface area (Å²) in [5.74, 6) is 0.201. The van der Waals surface area contributed by atoms with Gasteiger partial charge in [0.1, 0.15) is 0 Å². The van der Waals surface area contributed by atoms with Gasteiger partial charge < -0.3 is 15.0 Å². The van der Waals surface area contributed by atoms with E-state index in [9.17, 15) is 9.59 Å². The second kappa shape index (κ2) is 8.25.